The van der Waals surface area contributed by atoms with Gasteiger partial charge in [0.2, 0.25) is 0 Å². The maximum Gasteiger partial charge on any atom is 0.135 e. The van der Waals surface area contributed by atoms with E-state index in [-0.39, 0.29) is 11.6 Å². The van der Waals surface area contributed by atoms with Gasteiger partial charge in [0, 0.05) is 22.5 Å². The Balaban J connectivity index is 1.51. The van der Waals surface area contributed by atoms with E-state index in [1.54, 1.807) is 7.11 Å². The fourth-order valence-corrected chi connectivity index (χ4v) is 4.51. The first-order valence-corrected chi connectivity index (χ1v) is 10.4. The summed E-state index contributed by atoms with van der Waals surface area (Å²) in [5.41, 5.74) is 3.16. The predicted molar refractivity (Wildman–Crippen MR) is 118 cm³/mol. The molecule has 1 aliphatic rings. The number of aliphatic hydroxyl groups is 1. The Bertz CT molecular complexity index is 1090. The van der Waals surface area contributed by atoms with Crippen LogP contribution in [0.2, 0.25) is 5.02 Å². The standard InChI is InChI=1S/C22H20ClN3O2S/c1-28-19-9-5-2-6-14(19)10-11-26-12-18(27)20(21(26)24)22-25-17(13-29-22)15-7-3-4-8-16(15)23/h2-9,13,24,27H,10-12H2,1H3. The molecule has 7 heteroatoms. The number of ether oxygens (including phenoxy) is 1. The first-order valence-electron chi connectivity index (χ1n) is 9.17. The van der Waals surface area contributed by atoms with Crippen molar-refractivity contribution in [2.45, 2.75) is 6.42 Å². The van der Waals surface area contributed by atoms with Gasteiger partial charge in [0.25, 0.3) is 0 Å². The summed E-state index contributed by atoms with van der Waals surface area (Å²) in [5.74, 6) is 1.30. The largest absolute Gasteiger partial charge is 0.510 e. The summed E-state index contributed by atoms with van der Waals surface area (Å²) in [6.07, 6.45) is 0.718. The molecule has 2 aromatic carbocycles. The molecular weight excluding hydrogens is 406 g/mol. The molecule has 0 spiro atoms. The number of aliphatic hydroxyl groups excluding tert-OH is 1. The lowest BCUT2D eigenvalue weighted by Gasteiger charge is -2.19. The van der Waals surface area contributed by atoms with Crippen molar-refractivity contribution in [1.82, 2.24) is 9.88 Å². The quantitative estimate of drug-likeness (QED) is 0.564. The topological polar surface area (TPSA) is 69.4 Å². The molecule has 0 fully saturated rings. The van der Waals surface area contributed by atoms with Crippen molar-refractivity contribution in [3.63, 3.8) is 0 Å². The summed E-state index contributed by atoms with van der Waals surface area (Å²) >= 11 is 7.68. The molecule has 2 N–H and O–H groups in total. The fourth-order valence-electron chi connectivity index (χ4n) is 3.40. The molecule has 2 heterocycles. The van der Waals surface area contributed by atoms with Gasteiger partial charge in [-0.3, -0.25) is 5.41 Å². The molecule has 148 valence electrons. The summed E-state index contributed by atoms with van der Waals surface area (Å²) in [4.78, 5) is 6.49. The molecule has 0 radical (unpaired) electrons. The lowest BCUT2D eigenvalue weighted by Crippen LogP contribution is -2.28. The predicted octanol–water partition coefficient (Wildman–Crippen LogP) is 5.28. The van der Waals surface area contributed by atoms with Crippen molar-refractivity contribution >= 4 is 34.3 Å². The first-order chi connectivity index (χ1) is 14.1. The number of aromatic nitrogens is 1. The van der Waals surface area contributed by atoms with Gasteiger partial charge >= 0.3 is 0 Å². The van der Waals surface area contributed by atoms with Gasteiger partial charge in [-0.25, -0.2) is 4.98 Å². The van der Waals surface area contributed by atoms with Crippen molar-refractivity contribution in [2.24, 2.45) is 0 Å². The lowest BCUT2D eigenvalue weighted by atomic mass is 10.1. The van der Waals surface area contributed by atoms with E-state index in [1.807, 2.05) is 58.8 Å². The number of hydrogen-bond donors (Lipinski definition) is 2. The highest BCUT2D eigenvalue weighted by molar-refractivity contribution is 7.11. The minimum absolute atomic E-state index is 0.176. The van der Waals surface area contributed by atoms with Crippen LogP contribution in [-0.2, 0) is 6.42 Å². The lowest BCUT2D eigenvalue weighted by molar-refractivity contribution is 0.349. The van der Waals surface area contributed by atoms with Crippen LogP contribution in [0.15, 0.2) is 59.7 Å². The molecule has 29 heavy (non-hydrogen) atoms. The highest BCUT2D eigenvalue weighted by atomic mass is 35.5. The summed E-state index contributed by atoms with van der Waals surface area (Å²) in [7, 11) is 1.65. The van der Waals surface area contributed by atoms with Crippen LogP contribution in [0.4, 0.5) is 0 Å². The molecule has 0 aliphatic carbocycles. The Labute approximate surface area is 178 Å². The number of amidine groups is 1. The average molecular weight is 426 g/mol. The summed E-state index contributed by atoms with van der Waals surface area (Å²) in [6.45, 7) is 0.917. The van der Waals surface area contributed by atoms with Crippen LogP contribution in [0, 0.1) is 5.41 Å². The van der Waals surface area contributed by atoms with E-state index in [0.717, 1.165) is 29.0 Å². The molecule has 1 aromatic heterocycles. The van der Waals surface area contributed by atoms with Crippen LogP contribution < -0.4 is 4.74 Å². The average Bonchev–Trinajstić information content (AvgIpc) is 3.31. The van der Waals surface area contributed by atoms with Gasteiger partial charge in [-0.1, -0.05) is 48.0 Å². The molecule has 0 saturated carbocycles. The number of methoxy groups -OCH3 is 1. The number of nitrogens with zero attached hydrogens (tertiary/aromatic N) is 2. The van der Waals surface area contributed by atoms with E-state index >= 15 is 0 Å². The Kier molecular flexibility index (Phi) is 5.56. The summed E-state index contributed by atoms with van der Waals surface area (Å²) < 4.78 is 5.40. The van der Waals surface area contributed by atoms with Crippen molar-refractivity contribution in [2.75, 3.05) is 20.2 Å². The summed E-state index contributed by atoms with van der Waals surface area (Å²) in [6, 6.07) is 15.4. The SMILES string of the molecule is COc1ccccc1CCN1CC(O)=C(c2nc(-c3ccccc3Cl)cs2)C1=N. The normalized spacial score (nSPS) is 14.0. The molecular formula is C22H20ClN3O2S. The van der Waals surface area contributed by atoms with Crippen LogP contribution in [0.5, 0.6) is 5.75 Å². The van der Waals surface area contributed by atoms with Crippen molar-refractivity contribution in [3.05, 3.63) is 75.3 Å². The Hall–Kier alpha value is -2.83. The zero-order chi connectivity index (χ0) is 20.4. The number of halogens is 1. The smallest absolute Gasteiger partial charge is 0.135 e. The van der Waals surface area contributed by atoms with Crippen molar-refractivity contribution in [1.29, 1.82) is 5.41 Å². The first kappa shape index (κ1) is 19.5. The van der Waals surface area contributed by atoms with Gasteiger partial charge in [-0.05, 0) is 24.1 Å². The van der Waals surface area contributed by atoms with E-state index < -0.39 is 0 Å². The highest BCUT2D eigenvalue weighted by Gasteiger charge is 2.30. The molecule has 0 unspecified atom stereocenters. The molecule has 3 aromatic rings. The van der Waals surface area contributed by atoms with Gasteiger partial charge < -0.3 is 14.7 Å². The van der Waals surface area contributed by atoms with Crippen LogP contribution >= 0.6 is 22.9 Å². The third-order valence-corrected chi connectivity index (χ3v) is 6.08. The number of thiazole rings is 1. The Morgan fingerprint density at radius 1 is 1.21 bits per heavy atom. The maximum absolute atomic E-state index is 10.5. The van der Waals surface area contributed by atoms with Crippen LogP contribution in [0.3, 0.4) is 0 Å². The Morgan fingerprint density at radius 3 is 2.76 bits per heavy atom. The number of benzene rings is 2. The molecule has 5 nitrogen and oxygen atoms in total. The third kappa shape index (κ3) is 3.86. The summed E-state index contributed by atoms with van der Waals surface area (Å²) in [5, 5.41) is 22.3. The maximum atomic E-state index is 10.5. The third-order valence-electron chi connectivity index (χ3n) is 4.89. The molecule has 0 amide bonds. The zero-order valence-corrected chi connectivity index (χ0v) is 17.4. The Morgan fingerprint density at radius 2 is 1.97 bits per heavy atom. The van der Waals surface area contributed by atoms with E-state index in [4.69, 9.17) is 21.7 Å². The second-order valence-corrected chi connectivity index (χ2v) is 7.94. The number of hydrogen-bond acceptors (Lipinski definition) is 5. The van der Waals surface area contributed by atoms with Crippen molar-refractivity contribution in [3.8, 4) is 17.0 Å². The van der Waals surface area contributed by atoms with Crippen molar-refractivity contribution < 1.29 is 9.84 Å². The number of rotatable bonds is 6. The van der Waals surface area contributed by atoms with Gasteiger partial charge in [-0.2, -0.15) is 0 Å². The fraction of sp³-hybridized carbons (Fsp3) is 0.182. The van der Waals surface area contributed by atoms with E-state index in [9.17, 15) is 5.11 Å². The van der Waals surface area contributed by atoms with Crippen LogP contribution in [0.25, 0.3) is 16.8 Å². The van der Waals surface area contributed by atoms with E-state index in [0.29, 0.717) is 28.7 Å². The zero-order valence-electron chi connectivity index (χ0n) is 15.9. The molecule has 4 rings (SSSR count). The van der Waals surface area contributed by atoms with Crippen LogP contribution in [-0.4, -0.2) is 41.0 Å². The number of para-hydroxylation sites is 1. The molecule has 0 saturated heterocycles. The minimum Gasteiger partial charge on any atom is -0.510 e. The van der Waals surface area contributed by atoms with E-state index in [2.05, 4.69) is 4.98 Å². The number of nitrogens with one attached hydrogen (secondary N) is 1. The van der Waals surface area contributed by atoms with Crippen LogP contribution in [0.1, 0.15) is 10.6 Å². The van der Waals surface area contributed by atoms with Gasteiger partial charge in [0.15, 0.2) is 0 Å². The highest BCUT2D eigenvalue weighted by Crippen LogP contribution is 2.34. The second kappa shape index (κ2) is 8.27. The second-order valence-electron chi connectivity index (χ2n) is 6.67. The van der Waals surface area contributed by atoms with E-state index in [1.165, 1.54) is 11.3 Å². The monoisotopic (exact) mass is 425 g/mol. The minimum atomic E-state index is 0.176. The molecule has 0 atom stereocenters. The molecule has 1 aliphatic heterocycles. The molecule has 0 bridgehead atoms. The van der Waals surface area contributed by atoms with Gasteiger partial charge in [0.1, 0.15) is 22.4 Å². The van der Waals surface area contributed by atoms with Gasteiger partial charge in [-0.15, -0.1) is 11.3 Å². The van der Waals surface area contributed by atoms with Gasteiger partial charge in [0.05, 0.1) is 24.9 Å².